The highest BCUT2D eigenvalue weighted by Crippen LogP contribution is 2.22. The molecule has 1 saturated heterocycles. The maximum atomic E-state index is 11.9. The normalized spacial score (nSPS) is 19.8. The first-order chi connectivity index (χ1) is 7.66. The minimum Gasteiger partial charge on any atom is -0.348 e. The topological polar surface area (TPSA) is 41.1 Å². The Labute approximate surface area is 111 Å². The van der Waals surface area contributed by atoms with Crippen LogP contribution in [-0.4, -0.2) is 25.0 Å². The zero-order chi connectivity index (χ0) is 11.5. The molecular formula is C11H12Br2N2O. The number of carbonyl (C=O) groups excluding carboxylic acids is 1. The Hall–Kier alpha value is -0.390. The first-order valence-electron chi connectivity index (χ1n) is 5.13. The average Bonchev–Trinajstić information content (AvgIpc) is 2.70. The van der Waals surface area contributed by atoms with E-state index in [0.717, 1.165) is 28.5 Å². The second-order valence-electron chi connectivity index (χ2n) is 3.79. The van der Waals surface area contributed by atoms with E-state index in [2.05, 4.69) is 42.5 Å². The van der Waals surface area contributed by atoms with Gasteiger partial charge in [0.05, 0.1) is 5.56 Å². The molecule has 0 saturated carbocycles. The van der Waals surface area contributed by atoms with Crippen molar-refractivity contribution in [3.8, 4) is 0 Å². The molecule has 1 aromatic carbocycles. The summed E-state index contributed by atoms with van der Waals surface area (Å²) >= 11 is 6.75. The summed E-state index contributed by atoms with van der Waals surface area (Å²) in [6.45, 7) is 1.84. The molecule has 2 N–H and O–H groups in total. The lowest BCUT2D eigenvalue weighted by Gasteiger charge is -2.12. The van der Waals surface area contributed by atoms with Gasteiger partial charge in [0, 0.05) is 21.5 Å². The summed E-state index contributed by atoms with van der Waals surface area (Å²) in [6.07, 6.45) is 1.000. The van der Waals surface area contributed by atoms with E-state index in [1.807, 2.05) is 18.2 Å². The first kappa shape index (κ1) is 12.1. The maximum absolute atomic E-state index is 11.9. The van der Waals surface area contributed by atoms with Crippen molar-refractivity contribution in [2.24, 2.45) is 0 Å². The van der Waals surface area contributed by atoms with E-state index in [1.165, 1.54) is 0 Å². The van der Waals surface area contributed by atoms with E-state index in [1.54, 1.807) is 0 Å². The molecule has 1 aliphatic heterocycles. The molecule has 3 nitrogen and oxygen atoms in total. The van der Waals surface area contributed by atoms with Gasteiger partial charge in [0.25, 0.3) is 5.91 Å². The average molecular weight is 348 g/mol. The summed E-state index contributed by atoms with van der Waals surface area (Å²) in [4.78, 5) is 11.9. The lowest BCUT2D eigenvalue weighted by atomic mass is 10.2. The summed E-state index contributed by atoms with van der Waals surface area (Å²) in [6, 6.07) is 5.81. The second kappa shape index (κ2) is 5.29. The number of hydrogen-bond acceptors (Lipinski definition) is 2. The predicted molar refractivity (Wildman–Crippen MR) is 70.6 cm³/mol. The van der Waals surface area contributed by atoms with Gasteiger partial charge in [-0.3, -0.25) is 4.79 Å². The fraction of sp³-hybridized carbons (Fsp3) is 0.364. The lowest BCUT2D eigenvalue weighted by molar-refractivity contribution is 0.0939. The van der Waals surface area contributed by atoms with Crippen molar-refractivity contribution in [2.45, 2.75) is 12.5 Å². The molecule has 1 atom stereocenters. The summed E-state index contributed by atoms with van der Waals surface area (Å²) in [5.41, 5.74) is 0.676. The van der Waals surface area contributed by atoms with Crippen molar-refractivity contribution in [2.75, 3.05) is 13.1 Å². The molecule has 1 amide bonds. The number of benzene rings is 1. The Bertz CT molecular complexity index is 403. The number of nitrogens with one attached hydrogen (secondary N) is 2. The van der Waals surface area contributed by atoms with E-state index >= 15 is 0 Å². The van der Waals surface area contributed by atoms with Crippen LogP contribution in [0.5, 0.6) is 0 Å². The quantitative estimate of drug-likeness (QED) is 0.861. The Kier molecular flexibility index (Phi) is 4.00. The van der Waals surface area contributed by atoms with Crippen molar-refractivity contribution in [3.05, 3.63) is 32.7 Å². The number of carbonyl (C=O) groups is 1. The van der Waals surface area contributed by atoms with Crippen molar-refractivity contribution in [1.82, 2.24) is 10.6 Å². The summed E-state index contributed by atoms with van der Waals surface area (Å²) in [5, 5.41) is 6.23. The minimum absolute atomic E-state index is 0.0203. The minimum atomic E-state index is -0.0203. The third-order valence-electron chi connectivity index (χ3n) is 2.57. The van der Waals surface area contributed by atoms with Crippen molar-refractivity contribution in [3.63, 3.8) is 0 Å². The molecule has 0 radical (unpaired) electrons. The standard InChI is InChI=1S/C11H12Br2N2O/c12-7-1-2-9(10(13)5-7)11(16)15-8-3-4-14-6-8/h1-2,5,8,14H,3-4,6H2,(H,15,16). The molecule has 86 valence electrons. The van der Waals surface area contributed by atoms with Crippen LogP contribution in [0.3, 0.4) is 0 Å². The highest BCUT2D eigenvalue weighted by atomic mass is 79.9. The number of halogens is 2. The fourth-order valence-corrected chi connectivity index (χ4v) is 2.94. The van der Waals surface area contributed by atoms with Gasteiger partial charge in [0.2, 0.25) is 0 Å². The van der Waals surface area contributed by atoms with Crippen LogP contribution < -0.4 is 10.6 Å². The van der Waals surface area contributed by atoms with Gasteiger partial charge >= 0.3 is 0 Å². The zero-order valence-corrected chi connectivity index (χ0v) is 11.8. The van der Waals surface area contributed by atoms with Gasteiger partial charge < -0.3 is 10.6 Å². The Morgan fingerprint density at radius 1 is 1.44 bits per heavy atom. The van der Waals surface area contributed by atoms with Crippen LogP contribution in [0.4, 0.5) is 0 Å². The van der Waals surface area contributed by atoms with E-state index in [9.17, 15) is 4.79 Å². The molecule has 1 heterocycles. The van der Waals surface area contributed by atoms with Gasteiger partial charge in [-0.05, 0) is 47.1 Å². The zero-order valence-electron chi connectivity index (χ0n) is 8.59. The molecule has 0 spiro atoms. The van der Waals surface area contributed by atoms with E-state index in [0.29, 0.717) is 5.56 Å². The molecule has 1 unspecified atom stereocenters. The first-order valence-corrected chi connectivity index (χ1v) is 6.72. The van der Waals surface area contributed by atoms with Crippen molar-refractivity contribution >= 4 is 37.8 Å². The Morgan fingerprint density at radius 2 is 2.25 bits per heavy atom. The fourth-order valence-electron chi connectivity index (χ4n) is 1.71. The molecule has 0 aromatic heterocycles. The van der Waals surface area contributed by atoms with Crippen LogP contribution in [0.1, 0.15) is 16.8 Å². The molecule has 5 heteroatoms. The number of amides is 1. The number of rotatable bonds is 2. The molecule has 0 aliphatic carbocycles. The van der Waals surface area contributed by atoms with Gasteiger partial charge in [-0.1, -0.05) is 15.9 Å². The highest BCUT2D eigenvalue weighted by Gasteiger charge is 2.18. The van der Waals surface area contributed by atoms with E-state index < -0.39 is 0 Å². The third kappa shape index (κ3) is 2.84. The van der Waals surface area contributed by atoms with Crippen molar-refractivity contribution in [1.29, 1.82) is 0 Å². The van der Waals surface area contributed by atoms with E-state index in [-0.39, 0.29) is 11.9 Å². The van der Waals surface area contributed by atoms with E-state index in [4.69, 9.17) is 0 Å². The molecule has 1 fully saturated rings. The van der Waals surface area contributed by atoms with Crippen LogP contribution in [0.15, 0.2) is 27.1 Å². The molecule has 0 bridgehead atoms. The van der Waals surface area contributed by atoms with Crippen LogP contribution in [-0.2, 0) is 0 Å². The molecule has 2 rings (SSSR count). The van der Waals surface area contributed by atoms with Crippen LogP contribution in [0.25, 0.3) is 0 Å². The van der Waals surface area contributed by atoms with Crippen LogP contribution in [0, 0.1) is 0 Å². The monoisotopic (exact) mass is 346 g/mol. The Morgan fingerprint density at radius 3 is 2.88 bits per heavy atom. The summed E-state index contributed by atoms with van der Waals surface area (Å²) < 4.78 is 1.77. The van der Waals surface area contributed by atoms with Crippen LogP contribution in [0.2, 0.25) is 0 Å². The summed E-state index contributed by atoms with van der Waals surface area (Å²) in [5.74, 6) is -0.0203. The SMILES string of the molecule is O=C(NC1CCNC1)c1ccc(Br)cc1Br. The molecule has 1 aromatic rings. The predicted octanol–water partition coefficient (Wildman–Crippen LogP) is 2.30. The third-order valence-corrected chi connectivity index (χ3v) is 3.72. The smallest absolute Gasteiger partial charge is 0.252 e. The molecular weight excluding hydrogens is 336 g/mol. The van der Waals surface area contributed by atoms with Gasteiger partial charge in [-0.15, -0.1) is 0 Å². The van der Waals surface area contributed by atoms with Gasteiger partial charge in [0.15, 0.2) is 0 Å². The maximum Gasteiger partial charge on any atom is 0.252 e. The van der Waals surface area contributed by atoms with Gasteiger partial charge in [-0.2, -0.15) is 0 Å². The highest BCUT2D eigenvalue weighted by molar-refractivity contribution is 9.11. The number of hydrogen-bond donors (Lipinski definition) is 2. The lowest BCUT2D eigenvalue weighted by Crippen LogP contribution is -2.36. The summed E-state index contributed by atoms with van der Waals surface area (Å²) in [7, 11) is 0. The second-order valence-corrected chi connectivity index (χ2v) is 5.56. The molecule has 16 heavy (non-hydrogen) atoms. The Balaban J connectivity index is 2.08. The molecule has 1 aliphatic rings. The largest absolute Gasteiger partial charge is 0.348 e. The van der Waals surface area contributed by atoms with Gasteiger partial charge in [-0.25, -0.2) is 0 Å². The van der Waals surface area contributed by atoms with Crippen molar-refractivity contribution < 1.29 is 4.79 Å². The van der Waals surface area contributed by atoms with Gasteiger partial charge in [0.1, 0.15) is 0 Å². The van der Waals surface area contributed by atoms with Crippen LogP contribution >= 0.6 is 31.9 Å².